The molecule has 290 valence electrons. The van der Waals surface area contributed by atoms with Crippen LogP contribution in [-0.4, -0.2) is 24.1 Å². The summed E-state index contributed by atoms with van der Waals surface area (Å²) in [5.74, 6) is 1.72. The van der Waals surface area contributed by atoms with Gasteiger partial charge in [0, 0.05) is 32.7 Å². The Balaban J connectivity index is 1.15. The molecule has 3 heterocycles. The topological polar surface area (TPSA) is 48.5 Å². The number of para-hydroxylation sites is 5. The van der Waals surface area contributed by atoms with Gasteiger partial charge >= 0.3 is 0 Å². The third-order valence-electron chi connectivity index (χ3n) is 12.0. The number of rotatable bonds is 7. The molecular weight excluding hydrogens is 755 g/mol. The number of hydrogen-bond acceptors (Lipinski definition) is 3. The summed E-state index contributed by atoms with van der Waals surface area (Å²) in [6.45, 7) is 0. The normalized spacial score (nSPS) is 11.5. The Morgan fingerprint density at radius 1 is 0.258 bits per heavy atom. The van der Waals surface area contributed by atoms with Crippen LogP contribution in [0.3, 0.4) is 0 Å². The first-order valence-corrected chi connectivity index (χ1v) is 21.0. The molecule has 62 heavy (non-hydrogen) atoms. The van der Waals surface area contributed by atoms with Crippen molar-refractivity contribution in [3.8, 4) is 67.8 Å². The molecule has 5 heteroatoms. The highest BCUT2D eigenvalue weighted by Gasteiger charge is 2.22. The summed E-state index contributed by atoms with van der Waals surface area (Å²) < 4.78 is 4.54. The van der Waals surface area contributed by atoms with Crippen LogP contribution < -0.4 is 0 Å². The second-order valence-electron chi connectivity index (χ2n) is 15.6. The fourth-order valence-electron chi connectivity index (χ4n) is 9.17. The average Bonchev–Trinajstić information content (AvgIpc) is 3.87. The number of fused-ring (bicyclic) bond motifs is 6. The molecule has 0 aliphatic rings. The molecule has 0 saturated heterocycles. The highest BCUT2D eigenvalue weighted by atomic mass is 15.2. The molecule has 0 amide bonds. The molecule has 0 aliphatic heterocycles. The molecule has 0 radical (unpaired) electrons. The lowest BCUT2D eigenvalue weighted by Crippen LogP contribution is -2.08. The van der Waals surface area contributed by atoms with Gasteiger partial charge in [-0.3, -0.25) is 4.57 Å². The van der Waals surface area contributed by atoms with E-state index in [-0.39, 0.29) is 0 Å². The second-order valence-corrected chi connectivity index (χ2v) is 15.6. The van der Waals surface area contributed by atoms with Gasteiger partial charge in [-0.1, -0.05) is 176 Å². The second kappa shape index (κ2) is 14.7. The highest BCUT2D eigenvalue weighted by molar-refractivity contribution is 6.10. The van der Waals surface area contributed by atoms with Gasteiger partial charge in [0.2, 0.25) is 5.95 Å². The molecule has 0 bridgehead atoms. The molecular formula is C57H37N5. The lowest BCUT2D eigenvalue weighted by Gasteiger charge is -2.17. The van der Waals surface area contributed by atoms with Gasteiger partial charge < -0.3 is 4.57 Å². The van der Waals surface area contributed by atoms with E-state index >= 15 is 0 Å². The quantitative estimate of drug-likeness (QED) is 0.162. The predicted molar refractivity (Wildman–Crippen MR) is 256 cm³/mol. The molecule has 0 spiro atoms. The van der Waals surface area contributed by atoms with E-state index < -0.39 is 0 Å². The monoisotopic (exact) mass is 791 g/mol. The molecule has 0 unspecified atom stereocenters. The SMILES string of the molecule is c1ccc(-c2cccc(-c3ccc(-c4ccccc4)c(-c4nc(-c5ccccc5-n5c6ccccc6c6ccccc65)nc(-n5c6ccccc6c6ccccc65)n4)c3)c2)cc1. The summed E-state index contributed by atoms with van der Waals surface area (Å²) in [6.07, 6.45) is 0. The van der Waals surface area contributed by atoms with Crippen molar-refractivity contribution >= 4 is 43.6 Å². The summed E-state index contributed by atoms with van der Waals surface area (Å²) in [7, 11) is 0. The minimum absolute atomic E-state index is 0.551. The van der Waals surface area contributed by atoms with Gasteiger partial charge in [0.25, 0.3) is 0 Å². The number of nitrogens with zero attached hydrogens (tertiary/aromatic N) is 5. The summed E-state index contributed by atoms with van der Waals surface area (Å²) in [4.78, 5) is 16.5. The largest absolute Gasteiger partial charge is 0.309 e. The molecule has 0 saturated carbocycles. The Labute approximate surface area is 358 Å². The van der Waals surface area contributed by atoms with Gasteiger partial charge in [-0.2, -0.15) is 9.97 Å². The van der Waals surface area contributed by atoms with E-state index in [1.807, 2.05) is 0 Å². The van der Waals surface area contributed by atoms with Crippen molar-refractivity contribution in [2.75, 3.05) is 0 Å². The zero-order valence-electron chi connectivity index (χ0n) is 33.6. The van der Waals surface area contributed by atoms with E-state index in [4.69, 9.17) is 15.0 Å². The standard InChI is InChI=1S/C57H37N5/c1-3-18-38(19-4-1)40-22-17-23-41(36-40)42-34-35-43(39-20-5-2-6-21-39)49(37-42)56-58-55(59-57(60-56)62-52-31-14-9-26-46(52)47-27-10-15-32-53(47)62)48-28-11-16-33-54(48)61-50-29-12-7-24-44(50)45-25-8-13-30-51(45)61/h1-37H. The summed E-state index contributed by atoms with van der Waals surface area (Å²) in [5, 5.41) is 4.67. The lowest BCUT2D eigenvalue weighted by molar-refractivity contribution is 0.952. The van der Waals surface area contributed by atoms with Crippen LogP contribution in [0.2, 0.25) is 0 Å². The van der Waals surface area contributed by atoms with E-state index in [1.165, 1.54) is 16.3 Å². The number of aromatic nitrogens is 5. The average molecular weight is 792 g/mol. The van der Waals surface area contributed by atoms with Crippen LogP contribution in [0.25, 0.3) is 111 Å². The zero-order chi connectivity index (χ0) is 41.0. The van der Waals surface area contributed by atoms with E-state index in [9.17, 15) is 0 Å². The fraction of sp³-hybridized carbons (Fsp3) is 0. The van der Waals surface area contributed by atoms with Gasteiger partial charge in [0.05, 0.1) is 27.8 Å². The van der Waals surface area contributed by atoms with Crippen molar-refractivity contribution in [2.24, 2.45) is 0 Å². The maximum Gasteiger partial charge on any atom is 0.238 e. The lowest BCUT2D eigenvalue weighted by atomic mass is 9.93. The van der Waals surface area contributed by atoms with E-state index in [0.717, 1.165) is 77.5 Å². The van der Waals surface area contributed by atoms with Gasteiger partial charge in [-0.05, 0) is 81.9 Å². The van der Waals surface area contributed by atoms with Crippen LogP contribution in [0.15, 0.2) is 224 Å². The maximum absolute atomic E-state index is 5.51. The first-order chi connectivity index (χ1) is 30.8. The van der Waals surface area contributed by atoms with Crippen molar-refractivity contribution in [3.63, 3.8) is 0 Å². The summed E-state index contributed by atoms with van der Waals surface area (Å²) >= 11 is 0. The molecule has 3 aromatic heterocycles. The molecule has 0 fully saturated rings. The fourth-order valence-corrected chi connectivity index (χ4v) is 9.17. The van der Waals surface area contributed by atoms with Crippen LogP contribution in [0.5, 0.6) is 0 Å². The predicted octanol–water partition coefficient (Wildman–Crippen LogP) is 14.4. The molecule has 5 nitrogen and oxygen atoms in total. The Morgan fingerprint density at radius 2 is 0.694 bits per heavy atom. The van der Waals surface area contributed by atoms with Gasteiger partial charge in [-0.15, -0.1) is 0 Å². The van der Waals surface area contributed by atoms with Crippen molar-refractivity contribution in [3.05, 3.63) is 224 Å². The van der Waals surface area contributed by atoms with E-state index in [1.54, 1.807) is 0 Å². The van der Waals surface area contributed by atoms with Crippen LogP contribution in [-0.2, 0) is 0 Å². The highest BCUT2D eigenvalue weighted by Crippen LogP contribution is 2.40. The molecule has 12 aromatic rings. The van der Waals surface area contributed by atoms with Crippen molar-refractivity contribution < 1.29 is 0 Å². The minimum Gasteiger partial charge on any atom is -0.309 e. The molecule has 0 atom stereocenters. The van der Waals surface area contributed by atoms with Crippen molar-refractivity contribution in [1.29, 1.82) is 0 Å². The van der Waals surface area contributed by atoms with Gasteiger partial charge in [0.15, 0.2) is 11.6 Å². The van der Waals surface area contributed by atoms with Crippen molar-refractivity contribution in [2.45, 2.75) is 0 Å². The Hall–Kier alpha value is -8.41. The summed E-state index contributed by atoms with van der Waals surface area (Å²) in [6, 6.07) is 79.2. The number of hydrogen-bond donors (Lipinski definition) is 0. The smallest absolute Gasteiger partial charge is 0.238 e. The molecule has 0 N–H and O–H groups in total. The van der Waals surface area contributed by atoms with Gasteiger partial charge in [-0.25, -0.2) is 4.98 Å². The Morgan fingerprint density at radius 3 is 1.29 bits per heavy atom. The Bertz CT molecular complexity index is 3530. The van der Waals surface area contributed by atoms with Crippen LogP contribution in [0.1, 0.15) is 0 Å². The molecule has 0 aliphatic carbocycles. The first kappa shape index (κ1) is 35.5. The first-order valence-electron chi connectivity index (χ1n) is 21.0. The molecule has 9 aromatic carbocycles. The van der Waals surface area contributed by atoms with Crippen LogP contribution in [0, 0.1) is 0 Å². The van der Waals surface area contributed by atoms with Crippen molar-refractivity contribution in [1.82, 2.24) is 24.1 Å². The van der Waals surface area contributed by atoms with Crippen LogP contribution in [0.4, 0.5) is 0 Å². The molecule has 12 rings (SSSR count). The van der Waals surface area contributed by atoms with E-state index in [2.05, 4.69) is 234 Å². The maximum atomic E-state index is 5.51. The third-order valence-corrected chi connectivity index (χ3v) is 12.0. The third kappa shape index (κ3) is 5.90. The zero-order valence-corrected chi connectivity index (χ0v) is 33.6. The Kier molecular flexibility index (Phi) is 8.42. The van der Waals surface area contributed by atoms with Crippen LogP contribution >= 0.6 is 0 Å². The van der Waals surface area contributed by atoms with Gasteiger partial charge in [0.1, 0.15) is 0 Å². The minimum atomic E-state index is 0.551. The van der Waals surface area contributed by atoms with E-state index in [0.29, 0.717) is 17.6 Å². The summed E-state index contributed by atoms with van der Waals surface area (Å²) in [5.41, 5.74) is 13.7. The number of benzene rings is 9.